The van der Waals surface area contributed by atoms with Crippen LogP contribution in [0.3, 0.4) is 0 Å². The maximum atomic E-state index is 12.1. The van der Waals surface area contributed by atoms with Gasteiger partial charge in [-0.2, -0.15) is 14.0 Å². The van der Waals surface area contributed by atoms with E-state index < -0.39 is 12.2 Å². The molecule has 6 heteroatoms. The number of ether oxygens (including phenoxy) is 1. The van der Waals surface area contributed by atoms with Gasteiger partial charge in [0.1, 0.15) is 11.3 Å². The molecule has 0 aliphatic heterocycles. The molecule has 0 aromatic heterocycles. The summed E-state index contributed by atoms with van der Waals surface area (Å²) in [7, 11) is 0. The molecule has 4 nitrogen and oxygen atoms in total. The van der Waals surface area contributed by atoms with Crippen molar-refractivity contribution in [2.24, 2.45) is 0 Å². The number of carbonyl (C=O) groups is 1. The second-order valence-corrected chi connectivity index (χ2v) is 5.83. The van der Waals surface area contributed by atoms with E-state index in [1.54, 1.807) is 12.1 Å². The molecular formula is C17H20F2N2O2. The van der Waals surface area contributed by atoms with Crippen LogP contribution in [0.25, 0.3) is 0 Å². The van der Waals surface area contributed by atoms with Crippen LogP contribution in [0.5, 0.6) is 5.75 Å². The Morgan fingerprint density at radius 1 is 1.26 bits per heavy atom. The first-order valence-corrected chi connectivity index (χ1v) is 7.79. The van der Waals surface area contributed by atoms with Crippen LogP contribution < -0.4 is 10.1 Å². The zero-order valence-electron chi connectivity index (χ0n) is 12.9. The molecule has 1 aliphatic carbocycles. The van der Waals surface area contributed by atoms with Crippen LogP contribution in [0.2, 0.25) is 0 Å². The van der Waals surface area contributed by atoms with Crippen LogP contribution in [-0.4, -0.2) is 18.1 Å². The Balaban J connectivity index is 1.83. The van der Waals surface area contributed by atoms with E-state index in [1.165, 1.54) is 12.1 Å². The molecule has 1 aromatic rings. The predicted octanol–water partition coefficient (Wildman–Crippen LogP) is 3.56. The van der Waals surface area contributed by atoms with Crippen molar-refractivity contribution in [2.45, 2.75) is 57.1 Å². The Kier molecular flexibility index (Phi) is 5.91. The lowest BCUT2D eigenvalue weighted by molar-refractivity contribution is -0.122. The van der Waals surface area contributed by atoms with Gasteiger partial charge >= 0.3 is 6.61 Å². The topological polar surface area (TPSA) is 62.1 Å². The van der Waals surface area contributed by atoms with Crippen molar-refractivity contribution >= 4 is 5.91 Å². The Hall–Kier alpha value is -2.16. The van der Waals surface area contributed by atoms with Gasteiger partial charge in [-0.15, -0.1) is 0 Å². The van der Waals surface area contributed by atoms with Gasteiger partial charge in [-0.25, -0.2) is 0 Å². The summed E-state index contributed by atoms with van der Waals surface area (Å²) in [6.45, 7) is -2.84. The Bertz CT molecular complexity index is 561. The normalized spacial score (nSPS) is 16.6. The van der Waals surface area contributed by atoms with Crippen LogP contribution in [0.1, 0.15) is 44.1 Å². The molecule has 1 aromatic carbocycles. The lowest BCUT2D eigenvalue weighted by Crippen LogP contribution is -2.48. The number of alkyl halides is 2. The molecule has 1 saturated carbocycles. The summed E-state index contributed by atoms with van der Waals surface area (Å²) in [6.07, 6.45) is 5.18. The third-order valence-corrected chi connectivity index (χ3v) is 4.09. The molecule has 0 radical (unpaired) electrons. The van der Waals surface area contributed by atoms with Crippen LogP contribution in [0.4, 0.5) is 8.78 Å². The lowest BCUT2D eigenvalue weighted by Gasteiger charge is -2.31. The number of nitrogens with zero attached hydrogens (tertiary/aromatic N) is 1. The number of rotatable bonds is 6. The highest BCUT2D eigenvalue weighted by atomic mass is 19.3. The van der Waals surface area contributed by atoms with E-state index in [4.69, 9.17) is 0 Å². The molecule has 1 amide bonds. The molecule has 0 bridgehead atoms. The second-order valence-electron chi connectivity index (χ2n) is 5.83. The van der Waals surface area contributed by atoms with Gasteiger partial charge in [-0.05, 0) is 37.0 Å². The summed E-state index contributed by atoms with van der Waals surface area (Å²) in [6, 6.07) is 8.48. The zero-order valence-corrected chi connectivity index (χ0v) is 12.9. The molecule has 0 atom stereocenters. The van der Waals surface area contributed by atoms with E-state index in [0.717, 1.165) is 24.8 Å². The molecule has 0 heterocycles. The number of benzene rings is 1. The minimum absolute atomic E-state index is 0.0961. The van der Waals surface area contributed by atoms with Crippen molar-refractivity contribution < 1.29 is 18.3 Å². The number of hydrogen-bond acceptors (Lipinski definition) is 3. The van der Waals surface area contributed by atoms with E-state index in [2.05, 4.69) is 16.1 Å². The molecule has 1 fully saturated rings. The van der Waals surface area contributed by atoms with Crippen LogP contribution in [0, 0.1) is 11.3 Å². The smallest absolute Gasteiger partial charge is 0.387 e. The van der Waals surface area contributed by atoms with E-state index in [-0.39, 0.29) is 18.1 Å². The van der Waals surface area contributed by atoms with Gasteiger partial charge in [0.15, 0.2) is 0 Å². The third kappa shape index (κ3) is 5.20. The molecule has 1 aliphatic rings. The number of carbonyl (C=O) groups excluding carboxylic acids is 1. The monoisotopic (exact) mass is 322 g/mol. The van der Waals surface area contributed by atoms with Crippen molar-refractivity contribution in [3.8, 4) is 11.8 Å². The van der Waals surface area contributed by atoms with Crippen molar-refractivity contribution in [3.63, 3.8) is 0 Å². The fraction of sp³-hybridized carbons (Fsp3) is 0.529. The number of aryl methyl sites for hydroxylation is 1. The summed E-state index contributed by atoms with van der Waals surface area (Å²) >= 11 is 0. The molecular weight excluding hydrogens is 302 g/mol. The van der Waals surface area contributed by atoms with E-state index >= 15 is 0 Å². The van der Waals surface area contributed by atoms with Gasteiger partial charge in [-0.1, -0.05) is 31.4 Å². The number of nitrogens with one attached hydrogen (secondary N) is 1. The molecule has 0 spiro atoms. The van der Waals surface area contributed by atoms with Gasteiger partial charge < -0.3 is 10.1 Å². The Morgan fingerprint density at radius 3 is 2.48 bits per heavy atom. The first kappa shape index (κ1) is 17.2. The van der Waals surface area contributed by atoms with Crippen LogP contribution >= 0.6 is 0 Å². The highest BCUT2D eigenvalue weighted by Gasteiger charge is 2.33. The summed E-state index contributed by atoms with van der Waals surface area (Å²) in [5.74, 6) is -0.0554. The largest absolute Gasteiger partial charge is 0.435 e. The second kappa shape index (κ2) is 7.91. The maximum Gasteiger partial charge on any atom is 0.387 e. The zero-order chi connectivity index (χ0) is 16.7. The van der Waals surface area contributed by atoms with Gasteiger partial charge in [0, 0.05) is 6.42 Å². The number of nitriles is 1. The average Bonchev–Trinajstić information content (AvgIpc) is 2.54. The SMILES string of the molecule is N#CC1(NC(=O)CCc2ccc(OC(F)F)cc2)CCCCC1. The van der Waals surface area contributed by atoms with Crippen LogP contribution in [-0.2, 0) is 11.2 Å². The minimum Gasteiger partial charge on any atom is -0.435 e. The summed E-state index contributed by atoms with van der Waals surface area (Å²) < 4.78 is 28.4. The van der Waals surface area contributed by atoms with E-state index in [0.29, 0.717) is 19.3 Å². The molecule has 0 unspecified atom stereocenters. The standard InChI is InChI=1S/C17H20F2N2O2/c18-16(19)23-14-7-4-13(5-8-14)6-9-15(22)21-17(12-20)10-2-1-3-11-17/h4-5,7-8,16H,1-3,6,9-11H2,(H,21,22). The van der Waals surface area contributed by atoms with Crippen molar-refractivity contribution in [1.29, 1.82) is 5.26 Å². The molecule has 2 rings (SSSR count). The van der Waals surface area contributed by atoms with Gasteiger partial charge in [0.25, 0.3) is 0 Å². The third-order valence-electron chi connectivity index (χ3n) is 4.09. The van der Waals surface area contributed by atoms with E-state index in [1.807, 2.05) is 0 Å². The highest BCUT2D eigenvalue weighted by Crippen LogP contribution is 2.27. The van der Waals surface area contributed by atoms with Crippen molar-refractivity contribution in [3.05, 3.63) is 29.8 Å². The number of hydrogen-bond donors (Lipinski definition) is 1. The summed E-state index contributed by atoms with van der Waals surface area (Å²) in [5, 5.41) is 12.2. The van der Waals surface area contributed by atoms with Crippen molar-refractivity contribution in [1.82, 2.24) is 5.32 Å². The number of amides is 1. The van der Waals surface area contributed by atoms with Crippen molar-refractivity contribution in [2.75, 3.05) is 0 Å². The highest BCUT2D eigenvalue weighted by molar-refractivity contribution is 5.77. The summed E-state index contributed by atoms with van der Waals surface area (Å²) in [5.41, 5.74) is 0.140. The van der Waals surface area contributed by atoms with Gasteiger partial charge in [0.2, 0.25) is 5.91 Å². The van der Waals surface area contributed by atoms with Gasteiger partial charge in [0.05, 0.1) is 6.07 Å². The number of halogens is 2. The fourth-order valence-electron chi connectivity index (χ4n) is 2.84. The Labute approximate surface area is 134 Å². The molecule has 0 saturated heterocycles. The summed E-state index contributed by atoms with van der Waals surface area (Å²) in [4.78, 5) is 12.1. The quantitative estimate of drug-likeness (QED) is 0.871. The first-order chi connectivity index (χ1) is 11.0. The average molecular weight is 322 g/mol. The predicted molar refractivity (Wildman–Crippen MR) is 81.0 cm³/mol. The Morgan fingerprint density at radius 2 is 1.91 bits per heavy atom. The lowest BCUT2D eigenvalue weighted by atomic mass is 9.82. The fourth-order valence-corrected chi connectivity index (χ4v) is 2.84. The first-order valence-electron chi connectivity index (χ1n) is 7.79. The van der Waals surface area contributed by atoms with E-state index in [9.17, 15) is 18.8 Å². The maximum absolute atomic E-state index is 12.1. The molecule has 1 N–H and O–H groups in total. The molecule has 124 valence electrons. The molecule has 23 heavy (non-hydrogen) atoms. The van der Waals surface area contributed by atoms with Gasteiger partial charge in [-0.3, -0.25) is 4.79 Å². The van der Waals surface area contributed by atoms with Crippen LogP contribution in [0.15, 0.2) is 24.3 Å². The minimum atomic E-state index is -2.84.